The minimum Gasteiger partial charge on any atom is -0.497 e. The fraction of sp³-hybridized carbons (Fsp3) is 0.158. The number of benzene rings is 2. The second kappa shape index (κ2) is 7.97. The number of hydrogen-bond acceptors (Lipinski definition) is 5. The molecule has 0 fully saturated rings. The zero-order valence-corrected chi connectivity index (χ0v) is 13.7. The van der Waals surface area contributed by atoms with Gasteiger partial charge in [0.25, 0.3) is 0 Å². The van der Waals surface area contributed by atoms with Crippen LogP contribution in [0, 0.1) is 0 Å². The minimum absolute atomic E-state index is 0.172. The van der Waals surface area contributed by atoms with Crippen molar-refractivity contribution in [1.29, 1.82) is 0 Å². The van der Waals surface area contributed by atoms with Crippen molar-refractivity contribution in [3.63, 3.8) is 0 Å². The molecule has 0 atom stereocenters. The molecule has 5 heteroatoms. The van der Waals surface area contributed by atoms with E-state index in [4.69, 9.17) is 14.2 Å². The van der Waals surface area contributed by atoms with Crippen molar-refractivity contribution in [2.75, 3.05) is 14.2 Å². The third-order valence-corrected chi connectivity index (χ3v) is 3.25. The Balaban J connectivity index is 2.24. The van der Waals surface area contributed by atoms with E-state index < -0.39 is 5.97 Å². The molecule has 0 aliphatic rings. The third kappa shape index (κ3) is 4.46. The second-order valence-corrected chi connectivity index (χ2v) is 4.93. The van der Waals surface area contributed by atoms with E-state index in [-0.39, 0.29) is 17.1 Å². The summed E-state index contributed by atoms with van der Waals surface area (Å²) in [5.74, 6) is 0.639. The molecule has 2 aromatic carbocycles. The van der Waals surface area contributed by atoms with Crippen molar-refractivity contribution < 1.29 is 23.8 Å². The number of esters is 1. The molecule has 24 heavy (non-hydrogen) atoms. The lowest BCUT2D eigenvalue weighted by molar-refractivity contribution is -0.131. The first-order valence-corrected chi connectivity index (χ1v) is 7.26. The van der Waals surface area contributed by atoms with Crippen LogP contribution in [0.2, 0.25) is 0 Å². The van der Waals surface area contributed by atoms with Gasteiger partial charge in [-0.2, -0.15) is 0 Å². The van der Waals surface area contributed by atoms with Gasteiger partial charge in [0, 0.05) is 13.0 Å². The van der Waals surface area contributed by atoms with Crippen molar-refractivity contribution >= 4 is 17.8 Å². The number of carbonyl (C=O) groups excluding carboxylic acids is 2. The van der Waals surface area contributed by atoms with Crippen LogP contribution < -0.4 is 14.2 Å². The first-order chi connectivity index (χ1) is 11.5. The molecule has 0 aliphatic carbocycles. The van der Waals surface area contributed by atoms with Gasteiger partial charge in [-0.3, -0.25) is 9.59 Å². The summed E-state index contributed by atoms with van der Waals surface area (Å²) in [4.78, 5) is 23.6. The van der Waals surface area contributed by atoms with Gasteiger partial charge in [-0.1, -0.05) is 18.2 Å². The van der Waals surface area contributed by atoms with Crippen LogP contribution >= 0.6 is 0 Å². The quantitative estimate of drug-likeness (QED) is 0.267. The molecule has 0 spiro atoms. The maximum Gasteiger partial charge on any atom is 0.308 e. The molecule has 0 amide bonds. The molecule has 2 aromatic rings. The Bertz CT molecular complexity index is 760. The van der Waals surface area contributed by atoms with E-state index in [1.165, 1.54) is 26.2 Å². The van der Waals surface area contributed by atoms with Crippen LogP contribution in [0.4, 0.5) is 0 Å². The van der Waals surface area contributed by atoms with Gasteiger partial charge in [0.15, 0.2) is 5.78 Å². The van der Waals surface area contributed by atoms with Crippen LogP contribution in [0.15, 0.2) is 48.5 Å². The molecule has 0 bridgehead atoms. The maximum atomic E-state index is 12.4. The Morgan fingerprint density at radius 1 is 0.917 bits per heavy atom. The van der Waals surface area contributed by atoms with Crippen molar-refractivity contribution in [2.24, 2.45) is 0 Å². The van der Waals surface area contributed by atoms with Crippen LogP contribution in [-0.4, -0.2) is 26.0 Å². The fourth-order valence-corrected chi connectivity index (χ4v) is 2.05. The van der Waals surface area contributed by atoms with Gasteiger partial charge in [-0.05, 0) is 35.9 Å². The van der Waals surface area contributed by atoms with E-state index in [1.54, 1.807) is 25.3 Å². The largest absolute Gasteiger partial charge is 0.497 e. The number of ketones is 1. The minimum atomic E-state index is -0.503. The highest BCUT2D eigenvalue weighted by Crippen LogP contribution is 2.26. The average Bonchev–Trinajstić information content (AvgIpc) is 2.59. The Kier molecular flexibility index (Phi) is 5.73. The van der Waals surface area contributed by atoms with Gasteiger partial charge < -0.3 is 14.2 Å². The van der Waals surface area contributed by atoms with Crippen molar-refractivity contribution in [3.8, 4) is 17.2 Å². The Morgan fingerprint density at radius 2 is 1.54 bits per heavy atom. The van der Waals surface area contributed by atoms with E-state index in [9.17, 15) is 9.59 Å². The Labute approximate surface area is 140 Å². The number of hydrogen-bond donors (Lipinski definition) is 0. The SMILES string of the molecule is COc1ccc(/[13CH]=[13CH]/[13C](=O)c2ccc(OC)cc2OC(C)=O)cc1. The summed E-state index contributed by atoms with van der Waals surface area (Å²) < 4.78 is 15.3. The molecule has 5 nitrogen and oxygen atoms in total. The molecule has 0 heterocycles. The second-order valence-electron chi connectivity index (χ2n) is 4.93. The van der Waals surface area contributed by atoms with Crippen LogP contribution in [0.5, 0.6) is 17.2 Å². The molecule has 0 saturated heterocycles. The van der Waals surface area contributed by atoms with Crippen molar-refractivity contribution in [3.05, 3.63) is 59.7 Å². The molecule has 0 aliphatic heterocycles. The molecule has 124 valence electrons. The van der Waals surface area contributed by atoms with Crippen LogP contribution in [0.3, 0.4) is 0 Å². The van der Waals surface area contributed by atoms with E-state index in [0.29, 0.717) is 5.75 Å². The van der Waals surface area contributed by atoms with Crippen LogP contribution in [0.25, 0.3) is 6.08 Å². The highest BCUT2D eigenvalue weighted by molar-refractivity contribution is 6.09. The lowest BCUT2D eigenvalue weighted by atomic mass is 10.2. The summed E-state index contributed by atoms with van der Waals surface area (Å²) >= 11 is 0. The molecule has 2 rings (SSSR count). The standard InChI is InChI=1S/C19H18O5/c1-13(20)24-19-12-16(23-3)9-10-17(19)18(21)11-6-14-4-7-15(22-2)8-5-14/h4-12H,1-3H3/b11-6+/i6+1,11+1,18+1. The van der Waals surface area contributed by atoms with Crippen LogP contribution in [0.1, 0.15) is 22.8 Å². The van der Waals surface area contributed by atoms with Gasteiger partial charge >= 0.3 is 5.97 Å². The summed E-state index contributed by atoms with van der Waals surface area (Å²) in [7, 11) is 3.09. The van der Waals surface area contributed by atoms with Crippen LogP contribution in [-0.2, 0) is 4.79 Å². The highest BCUT2D eigenvalue weighted by Gasteiger charge is 2.13. The average molecular weight is 329 g/mol. The normalized spacial score (nSPS) is 10.5. The molecule has 0 saturated carbocycles. The molecular weight excluding hydrogens is 311 g/mol. The van der Waals surface area contributed by atoms with Gasteiger partial charge in [0.05, 0.1) is 19.8 Å². The van der Waals surface area contributed by atoms with Crippen molar-refractivity contribution in [2.45, 2.75) is 6.92 Å². The fourth-order valence-electron chi connectivity index (χ4n) is 2.05. The topological polar surface area (TPSA) is 61.8 Å². The molecule has 0 aromatic heterocycles. The predicted molar refractivity (Wildman–Crippen MR) is 90.7 cm³/mol. The van der Waals surface area contributed by atoms with Crippen molar-refractivity contribution in [1.82, 2.24) is 0 Å². The molecule has 0 N–H and O–H groups in total. The van der Waals surface area contributed by atoms with Gasteiger partial charge in [0.2, 0.25) is 0 Å². The summed E-state index contributed by atoms with van der Waals surface area (Å²) in [6.45, 7) is 1.28. The number of allylic oxidation sites excluding steroid dienone is 1. The first kappa shape index (κ1) is 17.3. The van der Waals surface area contributed by atoms with Gasteiger partial charge in [-0.15, -0.1) is 0 Å². The zero-order valence-electron chi connectivity index (χ0n) is 13.7. The van der Waals surface area contributed by atoms with Gasteiger partial charge in [0.1, 0.15) is 17.2 Å². The van der Waals surface area contributed by atoms with E-state index in [0.717, 1.165) is 11.3 Å². The molecule has 0 radical (unpaired) electrons. The maximum absolute atomic E-state index is 12.4. The lowest BCUT2D eigenvalue weighted by Crippen LogP contribution is -2.07. The molecular formula is C19H18O5. The van der Waals surface area contributed by atoms with Gasteiger partial charge in [-0.25, -0.2) is 0 Å². The van der Waals surface area contributed by atoms with E-state index in [2.05, 4.69) is 0 Å². The van der Waals surface area contributed by atoms with E-state index in [1.807, 2.05) is 24.3 Å². The monoisotopic (exact) mass is 329 g/mol. The third-order valence-electron chi connectivity index (χ3n) is 3.25. The predicted octanol–water partition coefficient (Wildman–Crippen LogP) is 3.53. The number of methoxy groups -OCH3 is 2. The Hall–Kier alpha value is -3.08. The smallest absolute Gasteiger partial charge is 0.308 e. The number of rotatable bonds is 6. The summed E-state index contributed by atoms with van der Waals surface area (Å²) in [5.41, 5.74) is 1.14. The number of ether oxygens (including phenoxy) is 3. The zero-order chi connectivity index (χ0) is 17.5. The Morgan fingerprint density at radius 3 is 2.12 bits per heavy atom. The summed E-state index contributed by atoms with van der Waals surface area (Å²) in [6, 6.07) is 12.0. The number of carbonyl (C=O) groups is 2. The summed E-state index contributed by atoms with van der Waals surface area (Å²) in [6.07, 6.45) is 3.11. The molecule has 0 unspecified atom stereocenters. The first-order valence-electron chi connectivity index (χ1n) is 7.26. The lowest BCUT2D eigenvalue weighted by Gasteiger charge is -2.08. The highest BCUT2D eigenvalue weighted by atomic mass is 16.5. The van der Waals surface area contributed by atoms with E-state index >= 15 is 0 Å². The summed E-state index contributed by atoms with van der Waals surface area (Å²) in [5, 5.41) is 0.